The van der Waals surface area contributed by atoms with E-state index in [1.54, 1.807) is 49.4 Å². The first-order chi connectivity index (χ1) is 13.8. The number of likely N-dealkylation sites (N-methyl/N-ethyl adjacent to an activating group) is 1. The van der Waals surface area contributed by atoms with Gasteiger partial charge in [-0.3, -0.25) is 9.59 Å². The fourth-order valence-electron chi connectivity index (χ4n) is 2.56. The Kier molecular flexibility index (Phi) is 6.42. The molecule has 29 heavy (non-hydrogen) atoms. The summed E-state index contributed by atoms with van der Waals surface area (Å²) in [6.07, 6.45) is 0. The predicted molar refractivity (Wildman–Crippen MR) is 113 cm³/mol. The van der Waals surface area contributed by atoms with E-state index < -0.39 is 11.8 Å². The van der Waals surface area contributed by atoms with E-state index in [0.29, 0.717) is 32.3 Å². The number of nitrogens with zero attached hydrogens (tertiary/aromatic N) is 4. The number of para-hydroxylation sites is 1. The summed E-state index contributed by atoms with van der Waals surface area (Å²) in [5.41, 5.74) is 1.01. The van der Waals surface area contributed by atoms with Crippen LogP contribution in [0.1, 0.15) is 16.4 Å². The van der Waals surface area contributed by atoms with E-state index in [1.165, 1.54) is 16.6 Å². The quantitative estimate of drug-likeness (QED) is 0.628. The van der Waals surface area contributed by atoms with Gasteiger partial charge in [0.1, 0.15) is 5.82 Å². The van der Waals surface area contributed by atoms with Gasteiger partial charge in [0.25, 0.3) is 5.91 Å². The average molecular weight is 453 g/mol. The number of amides is 2. The van der Waals surface area contributed by atoms with Crippen LogP contribution in [-0.2, 0) is 4.79 Å². The highest BCUT2D eigenvalue weighted by atomic mass is 35.5. The van der Waals surface area contributed by atoms with Gasteiger partial charge in [-0.25, -0.2) is 9.67 Å². The van der Waals surface area contributed by atoms with Crippen molar-refractivity contribution in [2.75, 3.05) is 18.9 Å². The molecular formula is C19H16Cl3N5O2. The summed E-state index contributed by atoms with van der Waals surface area (Å²) >= 11 is 18.0. The molecule has 0 radical (unpaired) electrons. The predicted octanol–water partition coefficient (Wildman–Crippen LogP) is 4.25. The van der Waals surface area contributed by atoms with Gasteiger partial charge >= 0.3 is 0 Å². The number of nitrogens with one attached hydrogen (secondary N) is 1. The maximum Gasteiger partial charge on any atom is 0.293 e. The van der Waals surface area contributed by atoms with Gasteiger partial charge in [0.2, 0.25) is 11.7 Å². The first kappa shape index (κ1) is 21.1. The van der Waals surface area contributed by atoms with E-state index in [9.17, 15) is 9.59 Å². The van der Waals surface area contributed by atoms with E-state index in [-0.39, 0.29) is 12.4 Å². The second-order valence-electron chi connectivity index (χ2n) is 6.18. The van der Waals surface area contributed by atoms with Crippen molar-refractivity contribution < 1.29 is 9.59 Å². The molecule has 150 valence electrons. The minimum Gasteiger partial charge on any atom is -0.330 e. The molecule has 0 aliphatic heterocycles. The molecule has 0 atom stereocenters. The molecule has 3 aromatic rings. The van der Waals surface area contributed by atoms with E-state index >= 15 is 0 Å². The number of rotatable bonds is 5. The second-order valence-corrected chi connectivity index (χ2v) is 7.43. The van der Waals surface area contributed by atoms with Crippen LogP contribution in [0, 0.1) is 6.92 Å². The summed E-state index contributed by atoms with van der Waals surface area (Å²) in [5.74, 6) is -0.453. The smallest absolute Gasteiger partial charge is 0.293 e. The molecule has 1 heterocycles. The Balaban J connectivity index is 1.71. The van der Waals surface area contributed by atoms with Crippen LogP contribution < -0.4 is 5.32 Å². The van der Waals surface area contributed by atoms with E-state index in [2.05, 4.69) is 15.4 Å². The van der Waals surface area contributed by atoms with Crippen LogP contribution in [0.2, 0.25) is 15.1 Å². The Hall–Kier alpha value is -2.61. The van der Waals surface area contributed by atoms with Gasteiger partial charge in [0.05, 0.1) is 28.0 Å². The number of hydrogen-bond acceptors (Lipinski definition) is 4. The molecule has 3 rings (SSSR count). The van der Waals surface area contributed by atoms with Gasteiger partial charge in [-0.15, -0.1) is 5.10 Å². The lowest BCUT2D eigenvalue weighted by Crippen LogP contribution is -2.35. The first-order valence-electron chi connectivity index (χ1n) is 8.45. The summed E-state index contributed by atoms with van der Waals surface area (Å²) < 4.78 is 1.53. The number of anilines is 1. The third kappa shape index (κ3) is 4.87. The minimum absolute atomic E-state index is 0.0245. The lowest BCUT2D eigenvalue weighted by Gasteiger charge is -2.16. The van der Waals surface area contributed by atoms with Gasteiger partial charge < -0.3 is 10.2 Å². The molecule has 0 aliphatic rings. The Morgan fingerprint density at radius 1 is 1.07 bits per heavy atom. The number of carbonyl (C=O) groups is 2. The topological polar surface area (TPSA) is 80.1 Å². The van der Waals surface area contributed by atoms with Crippen LogP contribution in [0.5, 0.6) is 0 Å². The largest absolute Gasteiger partial charge is 0.330 e. The zero-order valence-electron chi connectivity index (χ0n) is 15.5. The molecule has 1 N–H and O–H groups in total. The lowest BCUT2D eigenvalue weighted by molar-refractivity contribution is -0.116. The molecule has 1 aromatic heterocycles. The molecule has 2 aromatic carbocycles. The van der Waals surface area contributed by atoms with Crippen molar-refractivity contribution in [3.63, 3.8) is 0 Å². The number of aryl methyl sites for hydroxylation is 1. The molecule has 0 spiro atoms. The standard InChI is InChI=1S/C19H16Cl3N5O2/c1-11-23-18(25-27(11)13-8-6-12(20)7-9-13)19(29)26(2)10-16(28)24-17-14(21)4-3-5-15(17)22/h3-9H,10H2,1-2H3,(H,24,28). The van der Waals surface area contributed by atoms with Gasteiger partial charge in [-0.1, -0.05) is 40.9 Å². The fourth-order valence-corrected chi connectivity index (χ4v) is 3.18. The minimum atomic E-state index is -0.499. The van der Waals surface area contributed by atoms with Gasteiger partial charge in [-0.2, -0.15) is 0 Å². The molecule has 10 heteroatoms. The molecule has 2 amide bonds. The highest BCUT2D eigenvalue weighted by molar-refractivity contribution is 6.39. The normalized spacial score (nSPS) is 10.7. The van der Waals surface area contributed by atoms with E-state index in [4.69, 9.17) is 34.8 Å². The van der Waals surface area contributed by atoms with E-state index in [1.807, 2.05) is 0 Å². The monoisotopic (exact) mass is 451 g/mol. The maximum atomic E-state index is 12.7. The van der Waals surface area contributed by atoms with Crippen LogP contribution in [0.25, 0.3) is 5.69 Å². The zero-order chi connectivity index (χ0) is 21.1. The Bertz CT molecular complexity index is 1050. The summed E-state index contributed by atoms with van der Waals surface area (Å²) in [4.78, 5) is 30.4. The highest BCUT2D eigenvalue weighted by Crippen LogP contribution is 2.29. The van der Waals surface area contributed by atoms with Crippen molar-refractivity contribution in [2.45, 2.75) is 6.92 Å². The number of halogens is 3. The maximum absolute atomic E-state index is 12.7. The Morgan fingerprint density at radius 3 is 2.31 bits per heavy atom. The van der Waals surface area contributed by atoms with Gasteiger partial charge in [0.15, 0.2) is 0 Å². The highest BCUT2D eigenvalue weighted by Gasteiger charge is 2.21. The fraction of sp³-hybridized carbons (Fsp3) is 0.158. The number of benzene rings is 2. The number of hydrogen-bond donors (Lipinski definition) is 1. The van der Waals surface area contributed by atoms with Crippen molar-refractivity contribution in [2.24, 2.45) is 0 Å². The van der Waals surface area contributed by atoms with Crippen molar-refractivity contribution in [3.8, 4) is 5.69 Å². The second kappa shape index (κ2) is 8.82. The SMILES string of the molecule is Cc1nc(C(=O)N(C)CC(=O)Nc2c(Cl)cccc2Cl)nn1-c1ccc(Cl)cc1. The van der Waals surface area contributed by atoms with Crippen LogP contribution in [0.4, 0.5) is 5.69 Å². The Labute approximate surface area is 182 Å². The Morgan fingerprint density at radius 2 is 1.69 bits per heavy atom. The average Bonchev–Trinajstić information content (AvgIpc) is 3.06. The van der Waals surface area contributed by atoms with Crippen molar-refractivity contribution in [3.05, 3.63) is 69.2 Å². The molecule has 7 nitrogen and oxygen atoms in total. The third-order valence-electron chi connectivity index (χ3n) is 3.99. The molecule has 0 saturated carbocycles. The summed E-state index contributed by atoms with van der Waals surface area (Å²) in [5, 5.41) is 8.05. The van der Waals surface area contributed by atoms with Crippen molar-refractivity contribution >= 4 is 52.3 Å². The van der Waals surface area contributed by atoms with E-state index in [0.717, 1.165) is 0 Å². The van der Waals surface area contributed by atoms with Gasteiger partial charge in [-0.05, 0) is 43.3 Å². The molecule has 0 unspecified atom stereocenters. The van der Waals surface area contributed by atoms with Gasteiger partial charge in [0, 0.05) is 12.1 Å². The molecule has 0 fully saturated rings. The molecular weight excluding hydrogens is 437 g/mol. The third-order valence-corrected chi connectivity index (χ3v) is 4.87. The molecule has 0 aliphatic carbocycles. The summed E-state index contributed by atoms with van der Waals surface area (Å²) in [7, 11) is 1.48. The van der Waals surface area contributed by atoms with Crippen LogP contribution in [0.3, 0.4) is 0 Å². The molecule has 0 bridgehead atoms. The first-order valence-corrected chi connectivity index (χ1v) is 9.58. The molecule has 0 saturated heterocycles. The van der Waals surface area contributed by atoms with Crippen molar-refractivity contribution in [1.82, 2.24) is 19.7 Å². The summed E-state index contributed by atoms with van der Waals surface area (Å²) in [6.45, 7) is 1.50. The number of aromatic nitrogens is 3. The van der Waals surface area contributed by atoms with Crippen LogP contribution in [-0.4, -0.2) is 45.1 Å². The van der Waals surface area contributed by atoms with Crippen LogP contribution >= 0.6 is 34.8 Å². The van der Waals surface area contributed by atoms with Crippen LogP contribution in [0.15, 0.2) is 42.5 Å². The number of carbonyl (C=O) groups excluding carboxylic acids is 2. The lowest BCUT2D eigenvalue weighted by atomic mass is 10.3. The zero-order valence-corrected chi connectivity index (χ0v) is 17.8. The van der Waals surface area contributed by atoms with Crippen molar-refractivity contribution in [1.29, 1.82) is 0 Å². The summed E-state index contributed by atoms with van der Waals surface area (Å²) in [6, 6.07) is 11.8.